The smallest absolute Gasteiger partial charge is 0.261 e. The highest BCUT2D eigenvalue weighted by Gasteiger charge is 2.38. The van der Waals surface area contributed by atoms with Gasteiger partial charge in [0.1, 0.15) is 0 Å². The van der Waals surface area contributed by atoms with E-state index in [-0.39, 0.29) is 11.9 Å². The van der Waals surface area contributed by atoms with Crippen LogP contribution in [0.4, 0.5) is 5.95 Å². The summed E-state index contributed by atoms with van der Waals surface area (Å²) in [6, 6.07) is 3.95. The highest BCUT2D eigenvalue weighted by molar-refractivity contribution is 5.57. The summed E-state index contributed by atoms with van der Waals surface area (Å²) in [4.78, 5) is 17.2. The Morgan fingerprint density at radius 2 is 1.82 bits per heavy atom. The van der Waals surface area contributed by atoms with Gasteiger partial charge in [0.05, 0.1) is 22.9 Å². The number of hydrogen-bond acceptors (Lipinski definition) is 8. The molecule has 0 aliphatic rings. The number of aromatic amines is 1. The van der Waals surface area contributed by atoms with Crippen molar-refractivity contribution in [2.45, 2.75) is 26.2 Å². The molecular formula is C19H20N8O. The van der Waals surface area contributed by atoms with E-state index < -0.39 is 5.41 Å². The highest BCUT2D eigenvalue weighted by Crippen LogP contribution is 2.38. The van der Waals surface area contributed by atoms with Crippen LogP contribution in [0.15, 0.2) is 47.6 Å². The number of nitrogens with zero attached hydrogens (tertiary/aromatic N) is 6. The Bertz CT molecular complexity index is 1050. The quantitative estimate of drug-likeness (QED) is 0.543. The van der Waals surface area contributed by atoms with Crippen molar-refractivity contribution in [1.82, 2.24) is 35.3 Å². The Balaban J connectivity index is 1.70. The average molecular weight is 376 g/mol. The largest absolute Gasteiger partial charge is 0.368 e. The molecule has 0 aliphatic heterocycles. The van der Waals surface area contributed by atoms with Gasteiger partial charge in [0.15, 0.2) is 5.82 Å². The van der Waals surface area contributed by atoms with E-state index in [2.05, 4.69) is 56.1 Å². The Labute approximate surface area is 161 Å². The molecule has 0 fully saturated rings. The summed E-state index contributed by atoms with van der Waals surface area (Å²) in [5.74, 6) is 1.47. The number of nitrogens with two attached hydrogens (primary N) is 1. The van der Waals surface area contributed by atoms with E-state index in [9.17, 15) is 0 Å². The van der Waals surface area contributed by atoms with Gasteiger partial charge in [-0.3, -0.25) is 10.1 Å². The second-order valence-electron chi connectivity index (χ2n) is 7.03. The zero-order valence-electron chi connectivity index (χ0n) is 15.8. The van der Waals surface area contributed by atoms with Crippen LogP contribution in [0.1, 0.15) is 32.2 Å². The Morgan fingerprint density at radius 3 is 2.43 bits per heavy atom. The summed E-state index contributed by atoms with van der Waals surface area (Å²) in [6.45, 7) is 6.33. The summed E-state index contributed by atoms with van der Waals surface area (Å²) in [7, 11) is 0. The molecule has 4 aromatic heterocycles. The minimum absolute atomic E-state index is 0.204. The SMILES string of the molecule is CC(C)[C@](C)(c1ccc(-c2cnc(N)nc2)nc1)c1noc(-c2cn[nH]c2)n1. The van der Waals surface area contributed by atoms with Crippen LogP contribution in [-0.2, 0) is 5.41 Å². The maximum absolute atomic E-state index is 5.55. The maximum Gasteiger partial charge on any atom is 0.261 e. The molecule has 4 heterocycles. The molecule has 4 aromatic rings. The summed E-state index contributed by atoms with van der Waals surface area (Å²) >= 11 is 0. The fourth-order valence-corrected chi connectivity index (χ4v) is 2.98. The fourth-order valence-electron chi connectivity index (χ4n) is 2.98. The molecule has 1 atom stereocenters. The first-order chi connectivity index (χ1) is 13.5. The van der Waals surface area contributed by atoms with E-state index in [1.165, 1.54) is 0 Å². The number of nitrogen functional groups attached to an aromatic ring is 1. The molecule has 0 bridgehead atoms. The first-order valence-electron chi connectivity index (χ1n) is 8.86. The van der Waals surface area contributed by atoms with E-state index in [1.54, 1.807) is 24.8 Å². The van der Waals surface area contributed by atoms with Crippen LogP contribution < -0.4 is 5.73 Å². The predicted molar refractivity (Wildman–Crippen MR) is 103 cm³/mol. The average Bonchev–Trinajstić information content (AvgIpc) is 3.40. The summed E-state index contributed by atoms with van der Waals surface area (Å²) < 4.78 is 5.46. The van der Waals surface area contributed by atoms with Crippen molar-refractivity contribution in [2.24, 2.45) is 5.92 Å². The zero-order valence-corrected chi connectivity index (χ0v) is 15.8. The predicted octanol–water partition coefficient (Wildman–Crippen LogP) is 2.86. The van der Waals surface area contributed by atoms with Crippen molar-refractivity contribution in [3.8, 4) is 22.7 Å². The van der Waals surface area contributed by atoms with Crippen molar-refractivity contribution in [3.63, 3.8) is 0 Å². The molecule has 28 heavy (non-hydrogen) atoms. The van der Waals surface area contributed by atoms with E-state index in [1.807, 2.05) is 18.3 Å². The molecule has 9 heteroatoms. The van der Waals surface area contributed by atoms with Gasteiger partial charge in [-0.1, -0.05) is 25.1 Å². The third kappa shape index (κ3) is 3.00. The van der Waals surface area contributed by atoms with Crippen LogP contribution in [-0.4, -0.2) is 35.3 Å². The fraction of sp³-hybridized carbons (Fsp3) is 0.263. The third-order valence-corrected chi connectivity index (χ3v) is 5.12. The standard InChI is InChI=1S/C19H20N8O/c1-11(2)19(3,17-26-16(28-27-17)13-8-24-25-9-13)14-4-5-15(21-10-14)12-6-22-18(20)23-7-12/h4-11H,1-3H3,(H,24,25)(H2,20,22,23)/t19-/m1/s1. The monoisotopic (exact) mass is 376 g/mol. The molecule has 0 amide bonds. The van der Waals surface area contributed by atoms with Crippen molar-refractivity contribution >= 4 is 5.95 Å². The molecule has 0 radical (unpaired) electrons. The molecule has 4 rings (SSSR count). The second-order valence-corrected chi connectivity index (χ2v) is 7.03. The summed E-state index contributed by atoms with van der Waals surface area (Å²) in [6.07, 6.45) is 8.51. The number of aromatic nitrogens is 7. The van der Waals surface area contributed by atoms with Crippen LogP contribution in [0.3, 0.4) is 0 Å². The molecule has 9 nitrogen and oxygen atoms in total. The molecular weight excluding hydrogens is 356 g/mol. The van der Waals surface area contributed by atoms with Crippen LogP contribution in [0.5, 0.6) is 0 Å². The van der Waals surface area contributed by atoms with E-state index in [0.29, 0.717) is 11.7 Å². The van der Waals surface area contributed by atoms with Gasteiger partial charge in [0.25, 0.3) is 5.89 Å². The number of pyridine rings is 1. The molecule has 0 saturated heterocycles. The lowest BCUT2D eigenvalue weighted by Gasteiger charge is -2.30. The van der Waals surface area contributed by atoms with Gasteiger partial charge >= 0.3 is 0 Å². The molecule has 0 unspecified atom stereocenters. The molecule has 3 N–H and O–H groups in total. The zero-order chi connectivity index (χ0) is 19.7. The van der Waals surface area contributed by atoms with E-state index in [4.69, 9.17) is 10.3 Å². The van der Waals surface area contributed by atoms with Crippen molar-refractivity contribution in [3.05, 3.63) is 54.5 Å². The summed E-state index contributed by atoms with van der Waals surface area (Å²) in [5, 5.41) is 10.9. The minimum atomic E-state index is -0.478. The Morgan fingerprint density at radius 1 is 1.04 bits per heavy atom. The molecule has 0 aliphatic carbocycles. The van der Waals surface area contributed by atoms with Crippen LogP contribution >= 0.6 is 0 Å². The minimum Gasteiger partial charge on any atom is -0.368 e. The number of hydrogen-bond donors (Lipinski definition) is 2. The normalized spacial score (nSPS) is 13.6. The van der Waals surface area contributed by atoms with Crippen molar-refractivity contribution in [1.29, 1.82) is 0 Å². The van der Waals surface area contributed by atoms with E-state index >= 15 is 0 Å². The lowest BCUT2D eigenvalue weighted by molar-refractivity contribution is 0.350. The highest BCUT2D eigenvalue weighted by atomic mass is 16.5. The van der Waals surface area contributed by atoms with Crippen molar-refractivity contribution < 1.29 is 4.52 Å². The first-order valence-corrected chi connectivity index (χ1v) is 8.86. The van der Waals surface area contributed by atoms with Gasteiger partial charge in [-0.2, -0.15) is 10.1 Å². The topological polar surface area (TPSA) is 132 Å². The maximum atomic E-state index is 5.55. The molecule has 0 spiro atoms. The van der Waals surface area contributed by atoms with Crippen LogP contribution in [0, 0.1) is 5.92 Å². The summed E-state index contributed by atoms with van der Waals surface area (Å²) in [5.41, 5.74) is 8.38. The van der Waals surface area contributed by atoms with Crippen molar-refractivity contribution in [2.75, 3.05) is 5.73 Å². The Hall–Kier alpha value is -3.62. The lowest BCUT2D eigenvalue weighted by atomic mass is 9.73. The van der Waals surface area contributed by atoms with Gasteiger partial charge in [0.2, 0.25) is 5.95 Å². The van der Waals surface area contributed by atoms with Gasteiger partial charge < -0.3 is 10.3 Å². The third-order valence-electron chi connectivity index (χ3n) is 5.12. The van der Waals surface area contributed by atoms with Gasteiger partial charge in [-0.25, -0.2) is 9.97 Å². The van der Waals surface area contributed by atoms with Crippen LogP contribution in [0.25, 0.3) is 22.7 Å². The number of rotatable bonds is 5. The number of anilines is 1. The number of H-pyrrole nitrogens is 1. The second kappa shape index (κ2) is 6.84. The number of nitrogens with one attached hydrogen (secondary N) is 1. The first kappa shape index (κ1) is 17.8. The van der Waals surface area contributed by atoms with Crippen LogP contribution in [0.2, 0.25) is 0 Å². The Kier molecular flexibility index (Phi) is 4.34. The molecule has 142 valence electrons. The van der Waals surface area contributed by atoms with E-state index in [0.717, 1.165) is 22.4 Å². The molecule has 0 saturated carbocycles. The molecule has 0 aromatic carbocycles. The van der Waals surface area contributed by atoms with Gasteiger partial charge in [0, 0.05) is 30.4 Å². The van der Waals surface area contributed by atoms with Gasteiger partial charge in [-0.15, -0.1) is 0 Å². The van der Waals surface area contributed by atoms with Gasteiger partial charge in [-0.05, 0) is 24.5 Å². The lowest BCUT2D eigenvalue weighted by Crippen LogP contribution is -2.31.